The van der Waals surface area contributed by atoms with Crippen molar-refractivity contribution in [2.75, 3.05) is 39.5 Å². The van der Waals surface area contributed by atoms with Crippen LogP contribution in [0.3, 0.4) is 0 Å². The molecule has 1 unspecified atom stereocenters. The Kier molecular flexibility index (Phi) is 5.98. The number of carbonyl (C=O) groups is 1. The third-order valence-electron chi connectivity index (χ3n) is 7.02. The van der Waals surface area contributed by atoms with Crippen molar-refractivity contribution in [2.24, 2.45) is 5.92 Å². The Morgan fingerprint density at radius 3 is 2.72 bits per heavy atom. The van der Waals surface area contributed by atoms with Gasteiger partial charge in [-0.3, -0.25) is 4.79 Å². The van der Waals surface area contributed by atoms with Crippen LogP contribution in [-0.2, 0) is 26.1 Å². The average Bonchev–Trinajstić information content (AvgIpc) is 3.19. The van der Waals surface area contributed by atoms with Crippen molar-refractivity contribution in [3.05, 3.63) is 71.5 Å². The lowest BCUT2D eigenvalue weighted by molar-refractivity contribution is -0.141. The quantitative estimate of drug-likeness (QED) is 0.633. The molecule has 4 heterocycles. The first kappa shape index (κ1) is 21.2. The van der Waals surface area contributed by atoms with Gasteiger partial charge in [0.1, 0.15) is 0 Å². The predicted octanol–water partition coefficient (Wildman–Crippen LogP) is 3.41. The van der Waals surface area contributed by atoms with Gasteiger partial charge in [0.15, 0.2) is 0 Å². The molecule has 1 atom stereocenters. The molecule has 0 N–H and O–H groups in total. The summed E-state index contributed by atoms with van der Waals surface area (Å²) in [5.74, 6) is 0.472. The van der Waals surface area contributed by atoms with Gasteiger partial charge in [0.05, 0.1) is 24.1 Å². The Morgan fingerprint density at radius 1 is 1.09 bits per heavy atom. The van der Waals surface area contributed by atoms with Crippen LogP contribution < -0.4 is 0 Å². The molecule has 1 aromatic carbocycles. The first-order valence-electron chi connectivity index (χ1n) is 11.6. The van der Waals surface area contributed by atoms with Gasteiger partial charge in [-0.15, -0.1) is 0 Å². The van der Waals surface area contributed by atoms with Gasteiger partial charge in [-0.05, 0) is 49.4 Å². The standard InChI is InChI=1S/C26H31N3O3/c1-20-4-6-23(7-5-20)26(9-14-31-15-10-26)25(30)28-13-16-32-19-21(18-28)17-22-3-2-12-29-24(22)8-11-27-29/h2-8,11-12,21H,9-10,13-19H2,1H3. The van der Waals surface area contributed by atoms with Crippen molar-refractivity contribution >= 4 is 11.4 Å². The van der Waals surface area contributed by atoms with Crippen LogP contribution in [0.4, 0.5) is 0 Å². The van der Waals surface area contributed by atoms with E-state index >= 15 is 0 Å². The third kappa shape index (κ3) is 4.05. The maximum atomic E-state index is 14.1. The van der Waals surface area contributed by atoms with Crippen molar-refractivity contribution in [1.82, 2.24) is 14.5 Å². The van der Waals surface area contributed by atoms with Crippen molar-refractivity contribution < 1.29 is 14.3 Å². The van der Waals surface area contributed by atoms with Crippen molar-refractivity contribution in [2.45, 2.75) is 31.6 Å². The molecule has 32 heavy (non-hydrogen) atoms. The van der Waals surface area contributed by atoms with E-state index < -0.39 is 5.41 Å². The highest BCUT2D eigenvalue weighted by molar-refractivity contribution is 5.88. The van der Waals surface area contributed by atoms with Gasteiger partial charge < -0.3 is 14.4 Å². The van der Waals surface area contributed by atoms with Crippen LogP contribution in [0, 0.1) is 12.8 Å². The minimum atomic E-state index is -0.508. The van der Waals surface area contributed by atoms with Crippen molar-refractivity contribution in [3.63, 3.8) is 0 Å². The van der Waals surface area contributed by atoms with Gasteiger partial charge in [-0.25, -0.2) is 4.52 Å². The Hall–Kier alpha value is -2.70. The molecular formula is C26H31N3O3. The van der Waals surface area contributed by atoms with Crippen LogP contribution >= 0.6 is 0 Å². The molecule has 5 rings (SSSR count). The summed E-state index contributed by atoms with van der Waals surface area (Å²) in [6, 6.07) is 14.7. The zero-order chi connectivity index (χ0) is 22.0. The minimum absolute atomic E-state index is 0.225. The number of ether oxygens (including phenoxy) is 2. The van der Waals surface area contributed by atoms with E-state index in [1.54, 1.807) is 0 Å². The van der Waals surface area contributed by atoms with Crippen LogP contribution in [-0.4, -0.2) is 59.9 Å². The van der Waals surface area contributed by atoms with Crippen molar-refractivity contribution in [3.8, 4) is 0 Å². The number of pyridine rings is 1. The van der Waals surface area contributed by atoms with E-state index in [1.807, 2.05) is 29.0 Å². The van der Waals surface area contributed by atoms with Crippen molar-refractivity contribution in [1.29, 1.82) is 0 Å². The highest BCUT2D eigenvalue weighted by Crippen LogP contribution is 2.37. The zero-order valence-electron chi connectivity index (χ0n) is 18.7. The second-order valence-electron chi connectivity index (χ2n) is 9.15. The number of hydrogen-bond donors (Lipinski definition) is 0. The second kappa shape index (κ2) is 9.04. The first-order chi connectivity index (χ1) is 15.7. The van der Waals surface area contributed by atoms with E-state index in [0.29, 0.717) is 39.5 Å². The van der Waals surface area contributed by atoms with Gasteiger partial charge in [-0.1, -0.05) is 35.9 Å². The summed E-state index contributed by atoms with van der Waals surface area (Å²) in [5.41, 5.74) is 4.18. The van der Waals surface area contributed by atoms with Gasteiger partial charge in [0.2, 0.25) is 5.91 Å². The summed E-state index contributed by atoms with van der Waals surface area (Å²) >= 11 is 0. The number of amides is 1. The minimum Gasteiger partial charge on any atom is -0.381 e. The molecule has 3 aromatic rings. The largest absolute Gasteiger partial charge is 0.381 e. The number of carbonyl (C=O) groups excluding carboxylic acids is 1. The van der Waals surface area contributed by atoms with E-state index in [9.17, 15) is 4.79 Å². The van der Waals surface area contributed by atoms with Crippen LogP contribution in [0.2, 0.25) is 0 Å². The molecule has 1 amide bonds. The molecule has 0 aliphatic carbocycles. The normalized spacial score (nSPS) is 21.4. The van der Waals surface area contributed by atoms with E-state index in [4.69, 9.17) is 9.47 Å². The molecule has 6 heteroatoms. The van der Waals surface area contributed by atoms with E-state index in [2.05, 4.69) is 47.3 Å². The summed E-state index contributed by atoms with van der Waals surface area (Å²) in [7, 11) is 0. The molecule has 0 radical (unpaired) electrons. The predicted molar refractivity (Wildman–Crippen MR) is 123 cm³/mol. The molecule has 0 saturated carbocycles. The highest BCUT2D eigenvalue weighted by atomic mass is 16.5. The fraction of sp³-hybridized carbons (Fsp3) is 0.462. The Labute approximate surface area is 189 Å². The fourth-order valence-electron chi connectivity index (χ4n) is 5.21. The zero-order valence-corrected chi connectivity index (χ0v) is 18.7. The van der Waals surface area contributed by atoms with Crippen LogP contribution in [0.15, 0.2) is 54.9 Å². The lowest BCUT2D eigenvalue weighted by Gasteiger charge is -2.40. The molecule has 6 nitrogen and oxygen atoms in total. The summed E-state index contributed by atoms with van der Waals surface area (Å²) in [5, 5.41) is 4.35. The van der Waals surface area contributed by atoms with Crippen LogP contribution in [0.1, 0.15) is 29.5 Å². The molecule has 2 aliphatic rings. The van der Waals surface area contributed by atoms with E-state index in [-0.39, 0.29) is 11.8 Å². The number of nitrogens with zero attached hydrogens (tertiary/aromatic N) is 3. The first-order valence-corrected chi connectivity index (χ1v) is 11.6. The molecule has 168 valence electrons. The molecular weight excluding hydrogens is 402 g/mol. The van der Waals surface area contributed by atoms with Crippen LogP contribution in [0.5, 0.6) is 0 Å². The fourth-order valence-corrected chi connectivity index (χ4v) is 5.21. The van der Waals surface area contributed by atoms with Gasteiger partial charge in [0, 0.05) is 44.6 Å². The monoisotopic (exact) mass is 433 g/mol. The Balaban J connectivity index is 1.40. The second-order valence-corrected chi connectivity index (χ2v) is 9.15. The highest BCUT2D eigenvalue weighted by Gasteiger charge is 2.44. The van der Waals surface area contributed by atoms with Gasteiger partial charge >= 0.3 is 0 Å². The summed E-state index contributed by atoms with van der Waals surface area (Å²) in [6.45, 7) is 5.93. The molecule has 2 aliphatic heterocycles. The van der Waals surface area contributed by atoms with E-state index in [0.717, 1.165) is 30.3 Å². The van der Waals surface area contributed by atoms with Gasteiger partial charge in [-0.2, -0.15) is 5.10 Å². The number of aromatic nitrogens is 2. The molecule has 2 aromatic heterocycles. The molecule has 2 saturated heterocycles. The molecule has 0 bridgehead atoms. The number of aryl methyl sites for hydroxylation is 1. The SMILES string of the molecule is Cc1ccc(C2(C(=O)N3CCOCC(Cc4cccn5nccc45)C3)CCOCC2)cc1. The summed E-state index contributed by atoms with van der Waals surface area (Å²) in [6.07, 6.45) is 6.11. The Bertz CT molecular complexity index is 1070. The van der Waals surface area contributed by atoms with E-state index in [1.165, 1.54) is 11.1 Å². The maximum absolute atomic E-state index is 14.1. The van der Waals surface area contributed by atoms with Crippen LogP contribution in [0.25, 0.3) is 5.52 Å². The number of fused-ring (bicyclic) bond motifs is 1. The third-order valence-corrected chi connectivity index (χ3v) is 7.02. The number of hydrogen-bond acceptors (Lipinski definition) is 4. The summed E-state index contributed by atoms with van der Waals surface area (Å²) in [4.78, 5) is 16.1. The topological polar surface area (TPSA) is 56.1 Å². The lowest BCUT2D eigenvalue weighted by Crippen LogP contribution is -2.51. The number of rotatable bonds is 4. The number of benzene rings is 1. The smallest absolute Gasteiger partial charge is 0.233 e. The maximum Gasteiger partial charge on any atom is 0.233 e. The lowest BCUT2D eigenvalue weighted by atomic mass is 9.72. The molecule has 0 spiro atoms. The summed E-state index contributed by atoms with van der Waals surface area (Å²) < 4.78 is 13.5. The van der Waals surface area contributed by atoms with Gasteiger partial charge in [0.25, 0.3) is 0 Å². The molecule has 2 fully saturated rings. The average molecular weight is 434 g/mol. The Morgan fingerprint density at radius 2 is 1.91 bits per heavy atom.